The van der Waals surface area contributed by atoms with Crippen LogP contribution in [0, 0.1) is 11.8 Å². The number of aliphatic hydroxyl groups is 2. The fraction of sp³-hybridized carbons (Fsp3) is 0.528. The Morgan fingerprint density at radius 1 is 0.765 bits per heavy atom. The highest BCUT2D eigenvalue weighted by atomic mass is 32.2. The van der Waals surface area contributed by atoms with Crippen LogP contribution in [0.25, 0.3) is 10.9 Å². The molecule has 0 saturated carbocycles. The standard InChI is InChI=1S/C53H68N12O15S/c1-6-26(2)19-35-48(76)54-23-27(3)46(74)61-45(29(5)66)51(79)59-37-25-81-52-33(22-36(49(77)58-35)57-47(75)28(4)55-50(78)38-21-31(67)24-65(38)53(37)80)32-20-30(7-8-34(32)60-52)56-39(68)9-10-40(69)62(15-17-63-41(70)11-12-42(63)71)16-18-64-43(72)13-14-44(64)73/h7-8,11-14,20,26-29,31,35-38,45,60,66-67H,6,9-10,15-19,21-25H2,1-5H3,(H,54,76)(H,55,78)(H,56,68)(H,57,75)(H,58,77)(H,59,79)(H,61,74)/t26?,27-,28+,29?,31-,35+,36+,37-,38+,45-/m1/s1. The highest BCUT2D eigenvalue weighted by Crippen LogP contribution is 2.34. The molecule has 28 heteroatoms. The highest BCUT2D eigenvalue weighted by molar-refractivity contribution is 7.99. The molecule has 2 unspecified atom stereocenters. The lowest BCUT2D eigenvalue weighted by Crippen LogP contribution is -2.61. The number of rotatable bonds is 14. The minimum absolute atomic E-state index is 0.119. The summed E-state index contributed by atoms with van der Waals surface area (Å²) >= 11 is 0.990. The largest absolute Gasteiger partial charge is 0.391 e. The maximum absolute atomic E-state index is 14.8. The van der Waals surface area contributed by atoms with E-state index in [1.165, 1.54) is 25.7 Å². The van der Waals surface area contributed by atoms with Gasteiger partial charge in [0.1, 0.15) is 36.3 Å². The van der Waals surface area contributed by atoms with Crippen molar-refractivity contribution in [2.75, 3.05) is 50.3 Å². The van der Waals surface area contributed by atoms with E-state index in [1.54, 1.807) is 18.2 Å². The second-order valence-electron chi connectivity index (χ2n) is 20.9. The highest BCUT2D eigenvalue weighted by Gasteiger charge is 2.44. The van der Waals surface area contributed by atoms with Crippen molar-refractivity contribution in [1.29, 1.82) is 0 Å². The van der Waals surface area contributed by atoms with Crippen LogP contribution in [0.3, 0.4) is 0 Å². The smallest absolute Gasteiger partial charge is 0.253 e. The number of nitrogens with one attached hydrogen (secondary N) is 8. The lowest BCUT2D eigenvalue weighted by Gasteiger charge is -2.30. The molecule has 27 nitrogen and oxygen atoms in total. The molecular formula is C53H68N12O15S. The number of imide groups is 2. The number of hydrogen-bond acceptors (Lipinski definition) is 16. The van der Waals surface area contributed by atoms with Gasteiger partial charge < -0.3 is 62.2 Å². The van der Waals surface area contributed by atoms with Crippen molar-refractivity contribution in [3.8, 4) is 0 Å². The van der Waals surface area contributed by atoms with Gasteiger partial charge in [0, 0.05) is 112 Å². The molecule has 7 rings (SSSR count). The zero-order valence-electron chi connectivity index (χ0n) is 45.4. The second kappa shape index (κ2) is 26.5. The third-order valence-electron chi connectivity index (χ3n) is 14.8. The molecule has 10 N–H and O–H groups in total. The molecular weight excluding hydrogens is 1080 g/mol. The van der Waals surface area contributed by atoms with Gasteiger partial charge in [-0.3, -0.25) is 72.1 Å². The monoisotopic (exact) mass is 1140 g/mol. The van der Waals surface area contributed by atoms with Gasteiger partial charge in [0.2, 0.25) is 53.2 Å². The Morgan fingerprint density at radius 2 is 1.40 bits per heavy atom. The molecule has 1 saturated heterocycles. The van der Waals surface area contributed by atoms with Crippen LogP contribution in [0.5, 0.6) is 0 Å². The summed E-state index contributed by atoms with van der Waals surface area (Å²) in [6.45, 7) is 6.50. The Kier molecular flexibility index (Phi) is 19.9. The van der Waals surface area contributed by atoms with E-state index in [-0.39, 0.29) is 88.7 Å². The van der Waals surface area contributed by atoms with Crippen molar-refractivity contribution in [1.82, 2.24) is 56.5 Å². The number of aromatic nitrogens is 1. The van der Waals surface area contributed by atoms with E-state index in [0.717, 1.165) is 50.8 Å². The van der Waals surface area contributed by atoms with Crippen LogP contribution >= 0.6 is 11.8 Å². The summed E-state index contributed by atoms with van der Waals surface area (Å²) in [5.74, 6) is -10.7. The third-order valence-corrected chi connectivity index (χ3v) is 15.9. The van der Waals surface area contributed by atoms with Gasteiger partial charge in [0.05, 0.1) is 23.2 Å². The number of carbonyl (C=O) groups is 13. The van der Waals surface area contributed by atoms with Crippen molar-refractivity contribution in [3.63, 3.8) is 0 Å². The molecule has 0 radical (unpaired) electrons. The summed E-state index contributed by atoms with van der Waals surface area (Å²) in [6, 6.07) is -3.81. The molecule has 6 heterocycles. The minimum atomic E-state index is -1.63. The molecule has 0 aliphatic carbocycles. The Hall–Kier alpha value is -7.98. The average molecular weight is 1150 g/mol. The average Bonchev–Trinajstić information content (AvgIpc) is 4.18. The van der Waals surface area contributed by atoms with Crippen LogP contribution in [0.15, 0.2) is 47.5 Å². The Bertz CT molecular complexity index is 2860. The molecule has 2 aromatic rings. The van der Waals surface area contributed by atoms with Crippen molar-refractivity contribution in [3.05, 3.63) is 48.1 Å². The first kappa shape index (κ1) is 60.7. The molecule has 1 aromatic carbocycles. The topological polar surface area (TPSA) is 375 Å². The number of H-pyrrole nitrogens is 1. The van der Waals surface area contributed by atoms with E-state index in [9.17, 15) is 72.5 Å². The number of benzene rings is 1. The molecule has 2 bridgehead atoms. The van der Waals surface area contributed by atoms with E-state index in [0.29, 0.717) is 27.9 Å². The summed E-state index contributed by atoms with van der Waals surface area (Å²) in [6.07, 6.45) is 1.05. The van der Waals surface area contributed by atoms with E-state index < -0.39 is 131 Å². The van der Waals surface area contributed by atoms with Gasteiger partial charge in [-0.25, -0.2) is 0 Å². The molecule has 1 fully saturated rings. The van der Waals surface area contributed by atoms with Gasteiger partial charge in [0.15, 0.2) is 0 Å². The fourth-order valence-electron chi connectivity index (χ4n) is 9.77. The summed E-state index contributed by atoms with van der Waals surface area (Å²) in [4.78, 5) is 183. The predicted octanol–water partition coefficient (Wildman–Crippen LogP) is -2.80. The van der Waals surface area contributed by atoms with Crippen LogP contribution < -0.4 is 37.2 Å². The second-order valence-corrected chi connectivity index (χ2v) is 21.9. The molecule has 5 aliphatic heterocycles. The fourth-order valence-corrected chi connectivity index (χ4v) is 10.9. The maximum Gasteiger partial charge on any atom is 0.253 e. The van der Waals surface area contributed by atoms with Crippen molar-refractivity contribution in [2.24, 2.45) is 11.8 Å². The Labute approximate surface area is 469 Å². The van der Waals surface area contributed by atoms with Gasteiger partial charge in [-0.1, -0.05) is 27.2 Å². The number of thioether (sulfide) groups is 1. The van der Waals surface area contributed by atoms with Crippen LogP contribution in [0.1, 0.15) is 72.3 Å². The van der Waals surface area contributed by atoms with Crippen LogP contribution in [-0.2, 0) is 68.7 Å². The summed E-state index contributed by atoms with van der Waals surface area (Å²) in [7, 11) is 0. The number of amides is 13. The number of aliphatic hydroxyl groups excluding tert-OH is 2. The zero-order chi connectivity index (χ0) is 59.0. The van der Waals surface area contributed by atoms with Crippen LogP contribution in [0.4, 0.5) is 5.69 Å². The number of hydrogen-bond donors (Lipinski definition) is 10. The number of aromatic amines is 1. The lowest BCUT2D eigenvalue weighted by molar-refractivity contribution is -0.142. The molecule has 81 heavy (non-hydrogen) atoms. The number of nitrogens with zero attached hydrogens (tertiary/aromatic N) is 4. The summed E-state index contributed by atoms with van der Waals surface area (Å²) in [5, 5.41) is 41.1. The molecule has 436 valence electrons. The van der Waals surface area contributed by atoms with Crippen LogP contribution in [-0.4, -0.2) is 205 Å². The number of fused-ring (bicyclic) bond motifs is 5. The van der Waals surface area contributed by atoms with Gasteiger partial charge in [0.25, 0.3) is 23.6 Å². The lowest BCUT2D eigenvalue weighted by atomic mass is 9.97. The van der Waals surface area contributed by atoms with Crippen molar-refractivity contribution < 1.29 is 72.5 Å². The minimum Gasteiger partial charge on any atom is -0.391 e. The van der Waals surface area contributed by atoms with Crippen LogP contribution in [0.2, 0.25) is 0 Å². The molecule has 10 atom stereocenters. The van der Waals surface area contributed by atoms with Gasteiger partial charge in [-0.15, -0.1) is 11.8 Å². The van der Waals surface area contributed by atoms with E-state index >= 15 is 0 Å². The van der Waals surface area contributed by atoms with Gasteiger partial charge in [-0.05, 0) is 49.9 Å². The van der Waals surface area contributed by atoms with Crippen molar-refractivity contribution >= 4 is 105 Å². The van der Waals surface area contributed by atoms with E-state index in [4.69, 9.17) is 0 Å². The number of carbonyl (C=O) groups excluding carboxylic acids is 13. The Morgan fingerprint density at radius 3 is 2.01 bits per heavy atom. The maximum atomic E-state index is 14.8. The normalized spacial score (nSPS) is 26.0. The molecule has 0 spiro atoms. The van der Waals surface area contributed by atoms with E-state index in [2.05, 4.69) is 42.2 Å². The molecule has 13 amide bonds. The van der Waals surface area contributed by atoms with E-state index in [1.807, 2.05) is 13.8 Å². The first-order chi connectivity index (χ1) is 38.4. The van der Waals surface area contributed by atoms with Crippen molar-refractivity contribution in [2.45, 2.75) is 127 Å². The molecule has 5 aliphatic rings. The first-order valence-corrected chi connectivity index (χ1v) is 27.8. The van der Waals surface area contributed by atoms with Gasteiger partial charge >= 0.3 is 0 Å². The summed E-state index contributed by atoms with van der Waals surface area (Å²) in [5.41, 5.74) is 0.971. The van der Waals surface area contributed by atoms with Gasteiger partial charge in [-0.2, -0.15) is 0 Å². The summed E-state index contributed by atoms with van der Waals surface area (Å²) < 4.78 is 0. The zero-order valence-corrected chi connectivity index (χ0v) is 46.2. The predicted molar refractivity (Wildman–Crippen MR) is 288 cm³/mol. The first-order valence-electron chi connectivity index (χ1n) is 26.8. The SMILES string of the molecule is CCC(C)C[C@@H]1NC(=O)[C@@H]2Cc3c([nH]c4ccc(NC(=O)CCC(=O)N(CCN5C(=O)C=CC5=O)CCN5C(=O)C=CC5=O)cc34)SC[C@@H](NC(=O)[C@@H](C(C)O)NC(=O)[C@H](C)CNC1=O)C(=O)N1C[C@H](O)C[C@H]1C(=O)N[C@@H](C)C(=O)N2. The number of anilines is 1. The Balaban J connectivity index is 1.24. The molecule has 1 aromatic heterocycles. The third kappa shape index (κ3) is 14.9. The quantitative estimate of drug-likeness (QED) is 0.0855.